The van der Waals surface area contributed by atoms with Gasteiger partial charge < -0.3 is 15.2 Å². The molecule has 0 spiro atoms. The van der Waals surface area contributed by atoms with E-state index in [2.05, 4.69) is 27.9 Å². The lowest BCUT2D eigenvalue weighted by Crippen LogP contribution is -2.46. The summed E-state index contributed by atoms with van der Waals surface area (Å²) in [6.07, 6.45) is 1.16. The molecule has 4 nitrogen and oxygen atoms in total. The zero-order chi connectivity index (χ0) is 12.3. The van der Waals surface area contributed by atoms with Gasteiger partial charge in [-0.3, -0.25) is 4.79 Å². The highest BCUT2D eigenvalue weighted by Gasteiger charge is 2.30. The molecule has 17 heavy (non-hydrogen) atoms. The van der Waals surface area contributed by atoms with E-state index in [1.807, 2.05) is 11.4 Å². The van der Waals surface area contributed by atoms with Crippen molar-refractivity contribution in [3.63, 3.8) is 0 Å². The van der Waals surface area contributed by atoms with Crippen LogP contribution in [0.25, 0.3) is 0 Å². The third-order valence-electron chi connectivity index (χ3n) is 2.83. The molecular formula is C11H14INO3S. The number of hydrogen-bond donors (Lipinski definition) is 2. The molecule has 2 heterocycles. The molecule has 0 aliphatic carbocycles. The first kappa shape index (κ1) is 13.3. The largest absolute Gasteiger partial charge is 0.388 e. The van der Waals surface area contributed by atoms with Gasteiger partial charge in [0, 0.05) is 38.0 Å². The SMILES string of the molecule is O=C(NCC1(O)CCOCC1)c1csc(I)c1. The van der Waals surface area contributed by atoms with Gasteiger partial charge in [-0.2, -0.15) is 0 Å². The number of halogens is 1. The molecule has 0 saturated carbocycles. The van der Waals surface area contributed by atoms with Gasteiger partial charge in [-0.25, -0.2) is 0 Å². The summed E-state index contributed by atoms with van der Waals surface area (Å²) in [4.78, 5) is 11.8. The summed E-state index contributed by atoms with van der Waals surface area (Å²) in [7, 11) is 0. The van der Waals surface area contributed by atoms with Crippen LogP contribution in [0.2, 0.25) is 0 Å². The Hall–Kier alpha value is -0.180. The Kier molecular flexibility index (Phi) is 4.40. The van der Waals surface area contributed by atoms with Crippen LogP contribution in [0.15, 0.2) is 11.4 Å². The van der Waals surface area contributed by atoms with Crippen LogP contribution in [0, 0.1) is 2.88 Å². The molecular weight excluding hydrogens is 353 g/mol. The standard InChI is InChI=1S/C11H14INO3S/c12-9-5-8(6-17-9)10(14)13-7-11(15)1-3-16-4-2-11/h5-6,15H,1-4,7H2,(H,13,14). The zero-order valence-electron chi connectivity index (χ0n) is 9.24. The van der Waals surface area contributed by atoms with Crippen molar-refractivity contribution in [3.8, 4) is 0 Å². The number of carbonyl (C=O) groups is 1. The highest BCUT2D eigenvalue weighted by Crippen LogP contribution is 2.20. The number of aliphatic hydroxyl groups is 1. The molecule has 1 amide bonds. The number of hydrogen-bond acceptors (Lipinski definition) is 4. The Morgan fingerprint density at radius 1 is 1.59 bits per heavy atom. The molecule has 1 saturated heterocycles. The Morgan fingerprint density at radius 3 is 2.88 bits per heavy atom. The van der Waals surface area contributed by atoms with Crippen LogP contribution in [0.5, 0.6) is 0 Å². The third kappa shape index (κ3) is 3.64. The number of nitrogens with one attached hydrogen (secondary N) is 1. The van der Waals surface area contributed by atoms with Gasteiger partial charge in [0.05, 0.1) is 14.0 Å². The van der Waals surface area contributed by atoms with Crippen molar-refractivity contribution >= 4 is 39.8 Å². The van der Waals surface area contributed by atoms with Crippen molar-refractivity contribution in [2.45, 2.75) is 18.4 Å². The van der Waals surface area contributed by atoms with Gasteiger partial charge in [-0.1, -0.05) is 0 Å². The van der Waals surface area contributed by atoms with Crippen molar-refractivity contribution in [2.75, 3.05) is 19.8 Å². The van der Waals surface area contributed by atoms with E-state index in [9.17, 15) is 9.90 Å². The van der Waals surface area contributed by atoms with Crippen LogP contribution in [-0.4, -0.2) is 36.4 Å². The number of carbonyl (C=O) groups excluding carboxylic acids is 1. The molecule has 1 aliphatic heterocycles. The molecule has 0 bridgehead atoms. The predicted octanol–water partition coefficient (Wildman–Crippen LogP) is 1.62. The minimum absolute atomic E-state index is 0.121. The quantitative estimate of drug-likeness (QED) is 0.799. The van der Waals surface area contributed by atoms with Gasteiger partial charge in [0.1, 0.15) is 0 Å². The van der Waals surface area contributed by atoms with Gasteiger partial charge in [0.15, 0.2) is 0 Å². The number of amides is 1. The molecule has 1 fully saturated rings. The molecule has 1 aliphatic rings. The van der Waals surface area contributed by atoms with E-state index in [4.69, 9.17) is 4.74 Å². The fourth-order valence-corrected chi connectivity index (χ4v) is 3.03. The van der Waals surface area contributed by atoms with Crippen molar-refractivity contribution in [2.24, 2.45) is 0 Å². The summed E-state index contributed by atoms with van der Waals surface area (Å²) in [5, 5.41) is 14.8. The Labute approximate surface area is 118 Å². The van der Waals surface area contributed by atoms with Gasteiger partial charge in [-0.05, 0) is 28.7 Å². The minimum Gasteiger partial charge on any atom is -0.388 e. The second kappa shape index (κ2) is 5.64. The summed E-state index contributed by atoms with van der Waals surface area (Å²) in [6.45, 7) is 1.41. The van der Waals surface area contributed by atoms with E-state index in [0.29, 0.717) is 38.2 Å². The molecule has 6 heteroatoms. The predicted molar refractivity (Wildman–Crippen MR) is 74.4 cm³/mol. The van der Waals surface area contributed by atoms with Gasteiger partial charge in [0.2, 0.25) is 0 Å². The van der Waals surface area contributed by atoms with Crippen LogP contribution >= 0.6 is 33.9 Å². The lowest BCUT2D eigenvalue weighted by molar-refractivity contribution is -0.0605. The maximum atomic E-state index is 11.8. The molecule has 2 rings (SSSR count). The summed E-state index contributed by atoms with van der Waals surface area (Å²) < 4.78 is 6.27. The monoisotopic (exact) mass is 367 g/mol. The molecule has 0 radical (unpaired) electrons. The van der Waals surface area contributed by atoms with Gasteiger partial charge in [0.25, 0.3) is 5.91 Å². The number of thiophene rings is 1. The lowest BCUT2D eigenvalue weighted by Gasteiger charge is -2.31. The normalized spacial score (nSPS) is 18.9. The maximum absolute atomic E-state index is 11.8. The second-order valence-electron chi connectivity index (χ2n) is 4.16. The van der Waals surface area contributed by atoms with Crippen molar-refractivity contribution < 1.29 is 14.6 Å². The van der Waals surface area contributed by atoms with E-state index >= 15 is 0 Å². The van der Waals surface area contributed by atoms with Crippen molar-refractivity contribution in [1.82, 2.24) is 5.32 Å². The molecule has 2 N–H and O–H groups in total. The fraction of sp³-hybridized carbons (Fsp3) is 0.545. The first-order valence-electron chi connectivity index (χ1n) is 5.41. The Morgan fingerprint density at radius 2 is 2.29 bits per heavy atom. The maximum Gasteiger partial charge on any atom is 0.252 e. The summed E-state index contributed by atoms with van der Waals surface area (Å²) in [5.41, 5.74) is -0.146. The highest BCUT2D eigenvalue weighted by molar-refractivity contribution is 14.1. The van der Waals surface area contributed by atoms with Gasteiger partial charge >= 0.3 is 0 Å². The Balaban J connectivity index is 1.87. The smallest absolute Gasteiger partial charge is 0.252 e. The first-order chi connectivity index (χ1) is 8.09. The molecule has 0 aromatic carbocycles. The second-order valence-corrected chi connectivity index (χ2v) is 6.96. The summed E-state index contributed by atoms with van der Waals surface area (Å²) >= 11 is 3.72. The van der Waals surface area contributed by atoms with Crippen LogP contribution in [0.4, 0.5) is 0 Å². The highest BCUT2D eigenvalue weighted by atomic mass is 127. The van der Waals surface area contributed by atoms with Crippen molar-refractivity contribution in [3.05, 3.63) is 19.9 Å². The van der Waals surface area contributed by atoms with Gasteiger partial charge in [-0.15, -0.1) is 11.3 Å². The van der Waals surface area contributed by atoms with E-state index in [1.165, 1.54) is 11.3 Å². The first-order valence-corrected chi connectivity index (χ1v) is 7.37. The van der Waals surface area contributed by atoms with Crippen molar-refractivity contribution in [1.29, 1.82) is 0 Å². The summed E-state index contributed by atoms with van der Waals surface area (Å²) in [5.74, 6) is -0.121. The molecule has 0 unspecified atom stereocenters. The van der Waals surface area contributed by atoms with Crippen LogP contribution < -0.4 is 5.32 Å². The Bertz CT molecular complexity index is 401. The fourth-order valence-electron chi connectivity index (χ4n) is 1.70. The van der Waals surface area contributed by atoms with E-state index in [-0.39, 0.29) is 5.91 Å². The topological polar surface area (TPSA) is 58.6 Å². The minimum atomic E-state index is -0.808. The van der Waals surface area contributed by atoms with Crippen LogP contribution in [0.3, 0.4) is 0 Å². The molecule has 1 aromatic heterocycles. The zero-order valence-corrected chi connectivity index (χ0v) is 12.2. The average Bonchev–Trinajstić information content (AvgIpc) is 2.74. The molecule has 0 atom stereocenters. The van der Waals surface area contributed by atoms with E-state index in [0.717, 1.165) is 2.88 Å². The van der Waals surface area contributed by atoms with E-state index in [1.54, 1.807) is 0 Å². The third-order valence-corrected chi connectivity index (χ3v) is 4.62. The number of rotatable bonds is 3. The molecule has 1 aromatic rings. The average molecular weight is 367 g/mol. The van der Waals surface area contributed by atoms with Crippen LogP contribution in [0.1, 0.15) is 23.2 Å². The molecule has 94 valence electrons. The van der Waals surface area contributed by atoms with E-state index < -0.39 is 5.60 Å². The summed E-state index contributed by atoms with van der Waals surface area (Å²) in [6, 6.07) is 1.84. The number of ether oxygens (including phenoxy) is 1. The lowest BCUT2D eigenvalue weighted by atomic mass is 9.94. The van der Waals surface area contributed by atoms with Crippen LogP contribution in [-0.2, 0) is 4.74 Å².